The number of benzene rings is 2. The molecule has 1 aliphatic rings. The second-order valence-corrected chi connectivity index (χ2v) is 6.33. The van der Waals surface area contributed by atoms with Gasteiger partial charge in [-0.1, -0.05) is 37.1 Å². The molecule has 1 saturated carbocycles. The van der Waals surface area contributed by atoms with Crippen LogP contribution in [0.5, 0.6) is 5.75 Å². The number of aliphatic hydroxyl groups is 1. The summed E-state index contributed by atoms with van der Waals surface area (Å²) in [5.74, 6) is 0.789. The van der Waals surface area contributed by atoms with E-state index in [-0.39, 0.29) is 12.5 Å². The Balaban J connectivity index is 1.90. The first-order valence-corrected chi connectivity index (χ1v) is 8.34. The quantitative estimate of drug-likeness (QED) is 0.882. The van der Waals surface area contributed by atoms with Gasteiger partial charge in [-0.25, -0.2) is 0 Å². The highest BCUT2D eigenvalue weighted by molar-refractivity contribution is 5.99. The van der Waals surface area contributed by atoms with Crippen LogP contribution >= 0.6 is 0 Å². The minimum Gasteiger partial charge on any atom is -0.497 e. The number of anilines is 1. The Kier molecular flexibility index (Phi) is 4.86. The maximum atomic E-state index is 13.1. The molecule has 1 fully saturated rings. The molecule has 1 amide bonds. The summed E-state index contributed by atoms with van der Waals surface area (Å²) in [4.78, 5) is 13.1. The maximum absolute atomic E-state index is 13.1. The molecular weight excluding hydrogens is 302 g/mol. The van der Waals surface area contributed by atoms with Gasteiger partial charge in [0.25, 0.3) is 0 Å². The molecule has 0 bridgehead atoms. The summed E-state index contributed by atoms with van der Waals surface area (Å²) in [6.45, 7) is -0.0370. The van der Waals surface area contributed by atoms with Gasteiger partial charge >= 0.3 is 0 Å². The zero-order valence-electron chi connectivity index (χ0n) is 13.9. The molecule has 24 heavy (non-hydrogen) atoms. The Morgan fingerprint density at radius 2 is 1.92 bits per heavy atom. The summed E-state index contributed by atoms with van der Waals surface area (Å²) in [5, 5.41) is 12.3. The molecule has 0 aliphatic heterocycles. The second-order valence-electron chi connectivity index (χ2n) is 6.33. The van der Waals surface area contributed by atoms with E-state index in [0.29, 0.717) is 0 Å². The van der Waals surface area contributed by atoms with Crippen molar-refractivity contribution < 1.29 is 14.6 Å². The molecule has 0 atom stereocenters. The van der Waals surface area contributed by atoms with Gasteiger partial charge in [-0.3, -0.25) is 4.79 Å². The number of carbonyl (C=O) groups excluding carboxylic acids is 1. The molecule has 2 N–H and O–H groups in total. The first-order valence-electron chi connectivity index (χ1n) is 8.34. The highest BCUT2D eigenvalue weighted by Gasteiger charge is 2.42. The van der Waals surface area contributed by atoms with E-state index >= 15 is 0 Å². The van der Waals surface area contributed by atoms with Crippen LogP contribution in [0.25, 0.3) is 0 Å². The van der Waals surface area contributed by atoms with Gasteiger partial charge < -0.3 is 15.2 Å². The Morgan fingerprint density at radius 3 is 2.62 bits per heavy atom. The van der Waals surface area contributed by atoms with Crippen LogP contribution < -0.4 is 10.1 Å². The lowest BCUT2D eigenvalue weighted by Crippen LogP contribution is -2.38. The highest BCUT2D eigenvalue weighted by Crippen LogP contribution is 2.43. The average molecular weight is 325 g/mol. The van der Waals surface area contributed by atoms with E-state index < -0.39 is 5.41 Å². The van der Waals surface area contributed by atoms with Crippen molar-refractivity contribution in [2.75, 3.05) is 12.4 Å². The van der Waals surface area contributed by atoms with Crippen LogP contribution in [0.15, 0.2) is 48.5 Å². The van der Waals surface area contributed by atoms with Crippen molar-refractivity contribution in [2.45, 2.75) is 37.7 Å². The van der Waals surface area contributed by atoms with Gasteiger partial charge in [0.05, 0.1) is 19.1 Å². The van der Waals surface area contributed by atoms with Crippen molar-refractivity contribution in [3.8, 4) is 5.75 Å². The Morgan fingerprint density at radius 1 is 1.17 bits per heavy atom. The number of hydrogen-bond donors (Lipinski definition) is 2. The zero-order chi connectivity index (χ0) is 17.0. The standard InChI is InChI=1S/C20H23NO3/c1-24-18-9-5-7-16(13-18)20(10-2-3-11-20)19(23)21-17-8-4-6-15(12-17)14-22/h4-9,12-13,22H,2-3,10-11,14H2,1H3,(H,21,23). The summed E-state index contributed by atoms with van der Waals surface area (Å²) < 4.78 is 5.33. The second kappa shape index (κ2) is 7.05. The van der Waals surface area contributed by atoms with Crippen LogP contribution in [0.4, 0.5) is 5.69 Å². The Labute approximate surface area is 142 Å². The minimum atomic E-state index is -0.510. The van der Waals surface area contributed by atoms with Crippen molar-refractivity contribution in [3.63, 3.8) is 0 Å². The van der Waals surface area contributed by atoms with Crippen LogP contribution in [0.1, 0.15) is 36.8 Å². The Hall–Kier alpha value is -2.33. The van der Waals surface area contributed by atoms with E-state index in [1.807, 2.05) is 48.5 Å². The molecule has 0 unspecified atom stereocenters. The fraction of sp³-hybridized carbons (Fsp3) is 0.350. The van der Waals surface area contributed by atoms with E-state index in [4.69, 9.17) is 4.74 Å². The van der Waals surface area contributed by atoms with E-state index in [1.165, 1.54) is 0 Å². The van der Waals surface area contributed by atoms with Crippen molar-refractivity contribution >= 4 is 11.6 Å². The number of aliphatic hydroxyl groups excluding tert-OH is 1. The number of rotatable bonds is 5. The number of hydrogen-bond acceptors (Lipinski definition) is 3. The van der Waals surface area contributed by atoms with Gasteiger partial charge in [0.15, 0.2) is 0 Å². The third-order valence-electron chi connectivity index (χ3n) is 4.88. The van der Waals surface area contributed by atoms with Gasteiger partial charge in [-0.2, -0.15) is 0 Å². The smallest absolute Gasteiger partial charge is 0.235 e. The first kappa shape index (κ1) is 16.5. The molecule has 2 aromatic rings. The van der Waals surface area contributed by atoms with E-state index in [2.05, 4.69) is 5.32 Å². The molecule has 2 aromatic carbocycles. The lowest BCUT2D eigenvalue weighted by molar-refractivity contribution is -0.121. The van der Waals surface area contributed by atoms with Crippen LogP contribution in [-0.4, -0.2) is 18.1 Å². The molecule has 0 heterocycles. The van der Waals surface area contributed by atoms with Crippen LogP contribution in [0, 0.1) is 0 Å². The lowest BCUT2D eigenvalue weighted by Gasteiger charge is -2.28. The van der Waals surface area contributed by atoms with Gasteiger partial charge in [-0.15, -0.1) is 0 Å². The number of nitrogens with one attached hydrogen (secondary N) is 1. The van der Waals surface area contributed by atoms with Crippen molar-refractivity contribution in [3.05, 3.63) is 59.7 Å². The molecule has 0 spiro atoms. The van der Waals surface area contributed by atoms with Crippen molar-refractivity contribution in [2.24, 2.45) is 0 Å². The monoisotopic (exact) mass is 325 g/mol. The third-order valence-corrected chi connectivity index (χ3v) is 4.88. The lowest BCUT2D eigenvalue weighted by atomic mass is 9.78. The normalized spacial score (nSPS) is 15.9. The topological polar surface area (TPSA) is 58.6 Å². The molecule has 0 saturated heterocycles. The average Bonchev–Trinajstić information content (AvgIpc) is 3.13. The highest BCUT2D eigenvalue weighted by atomic mass is 16.5. The van der Waals surface area contributed by atoms with Gasteiger partial charge in [0.2, 0.25) is 5.91 Å². The fourth-order valence-electron chi connectivity index (χ4n) is 3.54. The SMILES string of the molecule is COc1cccc(C2(C(=O)Nc3cccc(CO)c3)CCCC2)c1. The molecule has 0 radical (unpaired) electrons. The van der Waals surface area contributed by atoms with Gasteiger partial charge in [-0.05, 0) is 48.2 Å². The van der Waals surface area contributed by atoms with E-state index in [0.717, 1.165) is 48.2 Å². The van der Waals surface area contributed by atoms with E-state index in [9.17, 15) is 9.90 Å². The number of amides is 1. The van der Waals surface area contributed by atoms with E-state index in [1.54, 1.807) is 7.11 Å². The third kappa shape index (κ3) is 3.15. The summed E-state index contributed by atoms with van der Waals surface area (Å²) in [5.41, 5.74) is 2.01. The summed E-state index contributed by atoms with van der Waals surface area (Å²) >= 11 is 0. The van der Waals surface area contributed by atoms with Gasteiger partial charge in [0, 0.05) is 5.69 Å². The van der Waals surface area contributed by atoms with Crippen LogP contribution in [-0.2, 0) is 16.8 Å². The maximum Gasteiger partial charge on any atom is 0.235 e. The predicted octanol–water partition coefficient (Wildman–Crippen LogP) is 3.64. The summed E-state index contributed by atoms with van der Waals surface area (Å²) in [6, 6.07) is 15.2. The minimum absolute atomic E-state index is 0.0170. The largest absolute Gasteiger partial charge is 0.497 e. The van der Waals surface area contributed by atoms with Crippen LogP contribution in [0.2, 0.25) is 0 Å². The molecule has 126 valence electrons. The Bertz CT molecular complexity index is 720. The summed E-state index contributed by atoms with van der Waals surface area (Å²) in [7, 11) is 1.64. The molecule has 1 aliphatic carbocycles. The molecular formula is C20H23NO3. The molecule has 3 rings (SSSR count). The number of ether oxygens (including phenoxy) is 1. The fourth-order valence-corrected chi connectivity index (χ4v) is 3.54. The predicted molar refractivity (Wildman–Crippen MR) is 94.1 cm³/mol. The number of methoxy groups -OCH3 is 1. The summed E-state index contributed by atoms with van der Waals surface area (Å²) in [6.07, 6.45) is 3.76. The zero-order valence-corrected chi connectivity index (χ0v) is 13.9. The first-order chi connectivity index (χ1) is 11.7. The van der Waals surface area contributed by atoms with Crippen LogP contribution in [0.3, 0.4) is 0 Å². The van der Waals surface area contributed by atoms with Crippen molar-refractivity contribution in [1.29, 1.82) is 0 Å². The molecule has 0 aromatic heterocycles. The number of carbonyl (C=O) groups is 1. The molecule has 4 heteroatoms. The molecule has 4 nitrogen and oxygen atoms in total. The van der Waals surface area contributed by atoms with Gasteiger partial charge in [0.1, 0.15) is 5.75 Å². The van der Waals surface area contributed by atoms with Crippen molar-refractivity contribution in [1.82, 2.24) is 0 Å².